The number of hydrogen-bond donors (Lipinski definition) is 2. The van der Waals surface area contributed by atoms with E-state index in [1.807, 2.05) is 0 Å². The van der Waals surface area contributed by atoms with Crippen molar-refractivity contribution in [3.8, 4) is 11.5 Å². The Balaban J connectivity index is 2.39. The molecule has 0 aliphatic carbocycles. The van der Waals surface area contributed by atoms with E-state index in [2.05, 4.69) is 5.32 Å². The molecule has 0 radical (unpaired) electrons. The highest BCUT2D eigenvalue weighted by molar-refractivity contribution is 5.79. The number of aromatic hydroxyl groups is 1. The van der Waals surface area contributed by atoms with Crippen molar-refractivity contribution in [1.82, 2.24) is 5.32 Å². The third-order valence-electron chi connectivity index (χ3n) is 2.22. The molecule has 0 saturated heterocycles. The highest BCUT2D eigenvalue weighted by atomic mass is 16.5. The molecule has 1 rings (SSSR count). The van der Waals surface area contributed by atoms with Crippen LogP contribution in [-0.4, -0.2) is 31.0 Å². The van der Waals surface area contributed by atoms with E-state index >= 15 is 0 Å². The number of nitrogens with one attached hydrogen (secondary N) is 1. The van der Waals surface area contributed by atoms with Crippen LogP contribution in [0.2, 0.25) is 0 Å². The number of amides is 1. The number of benzene rings is 1. The lowest BCUT2D eigenvalue weighted by Crippen LogP contribution is -2.18. The van der Waals surface area contributed by atoms with Gasteiger partial charge in [-0.05, 0) is 18.6 Å². The lowest BCUT2D eigenvalue weighted by atomic mass is 10.2. The van der Waals surface area contributed by atoms with Gasteiger partial charge in [-0.1, -0.05) is 0 Å². The van der Waals surface area contributed by atoms with Crippen LogP contribution in [0.4, 0.5) is 0 Å². The Bertz CT molecular complexity index is 403. The Morgan fingerprint density at radius 2 is 2.29 bits per heavy atom. The molecule has 2 N–H and O–H groups in total. The average Bonchev–Trinajstić information content (AvgIpc) is 2.34. The quantitative estimate of drug-likeness (QED) is 0.574. The minimum atomic E-state index is -0.108. The van der Waals surface area contributed by atoms with E-state index in [9.17, 15) is 14.7 Å². The zero-order chi connectivity index (χ0) is 12.7. The summed E-state index contributed by atoms with van der Waals surface area (Å²) in [5, 5.41) is 11.9. The number of carbonyl (C=O) groups is 2. The van der Waals surface area contributed by atoms with Gasteiger partial charge < -0.3 is 15.2 Å². The van der Waals surface area contributed by atoms with E-state index in [0.29, 0.717) is 31.5 Å². The second kappa shape index (κ2) is 6.52. The summed E-state index contributed by atoms with van der Waals surface area (Å²) in [6, 6.07) is 4.46. The van der Waals surface area contributed by atoms with Crippen molar-refractivity contribution in [2.75, 3.05) is 13.7 Å². The second-order valence-electron chi connectivity index (χ2n) is 3.46. The summed E-state index contributed by atoms with van der Waals surface area (Å²) in [5.41, 5.74) is 0.225. The summed E-state index contributed by atoms with van der Waals surface area (Å²) in [6.45, 7) is 0.382. The minimum absolute atomic E-state index is 0.0345. The SMILES string of the molecule is CNC(=O)CCCOc1ccc(C=O)c(O)c1. The number of rotatable bonds is 6. The van der Waals surface area contributed by atoms with Gasteiger partial charge in [0, 0.05) is 19.5 Å². The van der Waals surface area contributed by atoms with Gasteiger partial charge in [-0.15, -0.1) is 0 Å². The summed E-state index contributed by atoms with van der Waals surface area (Å²) in [4.78, 5) is 21.4. The molecular weight excluding hydrogens is 222 g/mol. The number of phenolic OH excluding ortho intramolecular Hbond substituents is 1. The van der Waals surface area contributed by atoms with E-state index in [1.165, 1.54) is 12.1 Å². The summed E-state index contributed by atoms with van der Waals surface area (Å²) in [6.07, 6.45) is 1.56. The number of ether oxygens (including phenoxy) is 1. The van der Waals surface area contributed by atoms with Crippen molar-refractivity contribution in [1.29, 1.82) is 0 Å². The van der Waals surface area contributed by atoms with Gasteiger partial charge in [-0.2, -0.15) is 0 Å². The Kier molecular flexibility index (Phi) is 5.00. The van der Waals surface area contributed by atoms with Gasteiger partial charge in [0.2, 0.25) is 5.91 Å². The molecule has 92 valence electrons. The van der Waals surface area contributed by atoms with Gasteiger partial charge in [0.25, 0.3) is 0 Å². The molecule has 0 aromatic heterocycles. The fourth-order valence-electron chi connectivity index (χ4n) is 1.26. The van der Waals surface area contributed by atoms with E-state index in [4.69, 9.17) is 4.74 Å². The fourth-order valence-corrected chi connectivity index (χ4v) is 1.26. The van der Waals surface area contributed by atoms with Crippen molar-refractivity contribution in [2.24, 2.45) is 0 Å². The van der Waals surface area contributed by atoms with Gasteiger partial charge in [0.15, 0.2) is 6.29 Å². The highest BCUT2D eigenvalue weighted by Gasteiger charge is 2.03. The molecule has 0 heterocycles. The lowest BCUT2D eigenvalue weighted by Gasteiger charge is -2.06. The van der Waals surface area contributed by atoms with E-state index < -0.39 is 0 Å². The van der Waals surface area contributed by atoms with Gasteiger partial charge in [-0.3, -0.25) is 9.59 Å². The van der Waals surface area contributed by atoms with Crippen LogP contribution < -0.4 is 10.1 Å². The van der Waals surface area contributed by atoms with Crippen molar-refractivity contribution in [2.45, 2.75) is 12.8 Å². The van der Waals surface area contributed by atoms with Gasteiger partial charge in [0.1, 0.15) is 11.5 Å². The van der Waals surface area contributed by atoms with Crippen LogP contribution in [0.5, 0.6) is 11.5 Å². The predicted molar refractivity (Wildman–Crippen MR) is 62.3 cm³/mol. The smallest absolute Gasteiger partial charge is 0.219 e. The topological polar surface area (TPSA) is 75.6 Å². The Labute approximate surface area is 99.4 Å². The minimum Gasteiger partial charge on any atom is -0.507 e. The van der Waals surface area contributed by atoms with Crippen molar-refractivity contribution >= 4 is 12.2 Å². The molecule has 0 saturated carbocycles. The first-order valence-corrected chi connectivity index (χ1v) is 5.29. The Hall–Kier alpha value is -2.04. The number of carbonyl (C=O) groups excluding carboxylic acids is 2. The molecule has 0 unspecified atom stereocenters. The van der Waals surface area contributed by atoms with E-state index in [-0.39, 0.29) is 17.2 Å². The zero-order valence-electron chi connectivity index (χ0n) is 9.60. The summed E-state index contributed by atoms with van der Waals surface area (Å²) in [5.74, 6) is 0.335. The normalized spacial score (nSPS) is 9.71. The third-order valence-corrected chi connectivity index (χ3v) is 2.22. The van der Waals surface area contributed by atoms with Crippen molar-refractivity contribution in [3.05, 3.63) is 23.8 Å². The number of phenols is 1. The molecule has 0 atom stereocenters. The average molecular weight is 237 g/mol. The van der Waals surface area contributed by atoms with Crippen LogP contribution in [0.1, 0.15) is 23.2 Å². The van der Waals surface area contributed by atoms with Gasteiger partial charge in [0.05, 0.1) is 12.2 Å². The number of aldehydes is 1. The molecule has 0 aliphatic heterocycles. The highest BCUT2D eigenvalue weighted by Crippen LogP contribution is 2.22. The first-order chi connectivity index (χ1) is 8.17. The fraction of sp³-hybridized carbons (Fsp3) is 0.333. The van der Waals surface area contributed by atoms with Gasteiger partial charge in [-0.25, -0.2) is 0 Å². The molecule has 0 aliphatic rings. The van der Waals surface area contributed by atoms with Crippen LogP contribution in [-0.2, 0) is 4.79 Å². The molecule has 1 aromatic carbocycles. The largest absolute Gasteiger partial charge is 0.507 e. The second-order valence-corrected chi connectivity index (χ2v) is 3.46. The summed E-state index contributed by atoms with van der Waals surface area (Å²) < 4.78 is 5.33. The molecule has 1 aromatic rings. The zero-order valence-corrected chi connectivity index (χ0v) is 9.60. The molecule has 1 amide bonds. The van der Waals surface area contributed by atoms with Crippen molar-refractivity contribution in [3.63, 3.8) is 0 Å². The van der Waals surface area contributed by atoms with Crippen LogP contribution >= 0.6 is 0 Å². The maximum atomic E-state index is 10.9. The third kappa shape index (κ3) is 4.14. The van der Waals surface area contributed by atoms with Crippen molar-refractivity contribution < 1.29 is 19.4 Å². The monoisotopic (exact) mass is 237 g/mol. The molecule has 17 heavy (non-hydrogen) atoms. The lowest BCUT2D eigenvalue weighted by molar-refractivity contribution is -0.120. The number of hydrogen-bond acceptors (Lipinski definition) is 4. The molecule has 0 fully saturated rings. The Morgan fingerprint density at radius 1 is 1.53 bits per heavy atom. The van der Waals surface area contributed by atoms with Gasteiger partial charge >= 0.3 is 0 Å². The van der Waals surface area contributed by atoms with E-state index in [0.717, 1.165) is 0 Å². The summed E-state index contributed by atoms with van der Waals surface area (Å²) in [7, 11) is 1.58. The summed E-state index contributed by atoms with van der Waals surface area (Å²) >= 11 is 0. The molecular formula is C12H15NO4. The Morgan fingerprint density at radius 3 is 2.88 bits per heavy atom. The first-order valence-electron chi connectivity index (χ1n) is 5.29. The molecule has 5 nitrogen and oxygen atoms in total. The molecule has 0 bridgehead atoms. The van der Waals surface area contributed by atoms with Crippen LogP contribution in [0.25, 0.3) is 0 Å². The molecule has 5 heteroatoms. The van der Waals surface area contributed by atoms with Crippen LogP contribution in [0, 0.1) is 0 Å². The predicted octanol–water partition coefficient (Wildman–Crippen LogP) is 1.11. The maximum absolute atomic E-state index is 10.9. The first kappa shape index (κ1) is 13.0. The maximum Gasteiger partial charge on any atom is 0.219 e. The molecule has 0 spiro atoms. The van der Waals surface area contributed by atoms with Crippen LogP contribution in [0.3, 0.4) is 0 Å². The van der Waals surface area contributed by atoms with E-state index in [1.54, 1.807) is 13.1 Å². The van der Waals surface area contributed by atoms with Crippen LogP contribution in [0.15, 0.2) is 18.2 Å². The standard InChI is InChI=1S/C12H15NO4/c1-13-12(16)3-2-6-17-10-5-4-9(8-14)11(15)7-10/h4-5,7-8,15H,2-3,6H2,1H3,(H,13,16).